The van der Waals surface area contributed by atoms with E-state index < -0.39 is 5.60 Å². The molecule has 1 atom stereocenters. The lowest BCUT2D eigenvalue weighted by atomic mass is 10.1. The van der Waals surface area contributed by atoms with Crippen molar-refractivity contribution in [1.29, 1.82) is 5.41 Å². The van der Waals surface area contributed by atoms with E-state index in [2.05, 4.69) is 14.6 Å². The van der Waals surface area contributed by atoms with Gasteiger partial charge in [-0.2, -0.15) is 0 Å². The van der Waals surface area contributed by atoms with E-state index in [9.17, 15) is 5.11 Å². The van der Waals surface area contributed by atoms with Gasteiger partial charge in [-0.15, -0.1) is 9.24 Å². The average molecular weight is 252 g/mol. The molecule has 0 bridgehead atoms. The molecule has 1 unspecified atom stereocenters. The smallest absolute Gasteiger partial charge is 0.0608 e. The van der Waals surface area contributed by atoms with Gasteiger partial charge in [0.25, 0.3) is 0 Å². The summed E-state index contributed by atoms with van der Waals surface area (Å²) in [5, 5.41) is 21.4. The Hall–Kier alpha value is -0.920. The topological polar surface area (TPSA) is 56.1 Å². The molecule has 0 aliphatic carbocycles. The van der Waals surface area contributed by atoms with E-state index in [0.717, 1.165) is 22.1 Å². The van der Waals surface area contributed by atoms with Crippen LogP contribution in [-0.4, -0.2) is 23.5 Å². The maximum Gasteiger partial charge on any atom is 0.0608 e. The van der Waals surface area contributed by atoms with Gasteiger partial charge in [0.05, 0.1) is 5.60 Å². The minimum atomic E-state index is -0.660. The number of hydrogen-bond acceptors (Lipinski definition) is 3. The zero-order valence-corrected chi connectivity index (χ0v) is 11.8. The maximum atomic E-state index is 9.63. The monoisotopic (exact) mass is 252 g/mol. The van der Waals surface area contributed by atoms with E-state index in [1.54, 1.807) is 13.8 Å². The van der Waals surface area contributed by atoms with Crippen LogP contribution in [0.25, 0.3) is 0 Å². The summed E-state index contributed by atoms with van der Waals surface area (Å²) in [5.74, 6) is 0. The summed E-state index contributed by atoms with van der Waals surface area (Å²) in [6, 6.07) is 4.01. The van der Waals surface area contributed by atoms with Crippen LogP contribution in [0.5, 0.6) is 0 Å². The normalized spacial score (nSPS) is 11.4. The van der Waals surface area contributed by atoms with Crippen LogP contribution in [0.3, 0.4) is 0 Å². The van der Waals surface area contributed by atoms with Gasteiger partial charge in [-0.3, -0.25) is 0 Å². The third-order valence-corrected chi connectivity index (χ3v) is 3.27. The predicted molar refractivity (Wildman–Crippen MR) is 77.8 cm³/mol. The summed E-state index contributed by atoms with van der Waals surface area (Å²) in [7, 11) is 2.69. The molecule has 1 aromatic rings. The fourth-order valence-corrected chi connectivity index (χ4v) is 1.77. The summed E-state index contributed by atoms with van der Waals surface area (Å²) >= 11 is 0. The van der Waals surface area contributed by atoms with E-state index in [1.807, 2.05) is 19.1 Å². The number of anilines is 1. The van der Waals surface area contributed by atoms with Crippen molar-refractivity contribution >= 4 is 26.4 Å². The van der Waals surface area contributed by atoms with Gasteiger partial charge in [-0.05, 0) is 50.2 Å². The molecule has 0 aliphatic heterocycles. The second kappa shape index (κ2) is 5.61. The van der Waals surface area contributed by atoms with Crippen LogP contribution < -0.4 is 10.6 Å². The Morgan fingerprint density at radius 1 is 1.47 bits per heavy atom. The zero-order valence-electron chi connectivity index (χ0n) is 10.7. The van der Waals surface area contributed by atoms with Crippen molar-refractivity contribution in [3.8, 4) is 0 Å². The molecule has 0 saturated carbocycles. The van der Waals surface area contributed by atoms with Crippen molar-refractivity contribution in [3.63, 3.8) is 0 Å². The third-order valence-electron chi connectivity index (χ3n) is 2.65. The molecule has 0 fully saturated rings. The molecule has 94 valence electrons. The highest BCUT2D eigenvalue weighted by molar-refractivity contribution is 7.27. The highest BCUT2D eigenvalue weighted by Gasteiger charge is 2.12. The van der Waals surface area contributed by atoms with Gasteiger partial charge in [0.1, 0.15) is 0 Å². The van der Waals surface area contributed by atoms with Gasteiger partial charge in [0.15, 0.2) is 0 Å². The van der Waals surface area contributed by atoms with Gasteiger partial charge in [0.2, 0.25) is 0 Å². The summed E-state index contributed by atoms with van der Waals surface area (Å²) in [6.07, 6.45) is 2.02. The summed E-state index contributed by atoms with van der Waals surface area (Å²) in [4.78, 5) is 0. The van der Waals surface area contributed by atoms with E-state index >= 15 is 0 Å². The molecule has 0 aromatic heterocycles. The molecule has 1 aromatic carbocycles. The van der Waals surface area contributed by atoms with Crippen molar-refractivity contribution in [2.45, 2.75) is 32.8 Å². The van der Waals surface area contributed by atoms with Crippen LogP contribution in [0.4, 0.5) is 5.69 Å². The second-order valence-corrected chi connectivity index (χ2v) is 5.55. The quantitative estimate of drug-likeness (QED) is 0.555. The van der Waals surface area contributed by atoms with Crippen LogP contribution in [0, 0.1) is 12.3 Å². The van der Waals surface area contributed by atoms with Crippen molar-refractivity contribution in [2.75, 3.05) is 11.9 Å². The lowest BCUT2D eigenvalue weighted by Gasteiger charge is -2.18. The number of aliphatic hydroxyl groups is 1. The number of benzene rings is 1. The van der Waals surface area contributed by atoms with Crippen LogP contribution in [-0.2, 0) is 0 Å². The fourth-order valence-electron chi connectivity index (χ4n) is 1.52. The van der Waals surface area contributed by atoms with Crippen LogP contribution in [0.1, 0.15) is 31.4 Å². The summed E-state index contributed by atoms with van der Waals surface area (Å²) in [6.45, 7) is 6.30. The number of hydrogen-bond donors (Lipinski definition) is 3. The van der Waals surface area contributed by atoms with Gasteiger partial charge in [-0.25, -0.2) is 0 Å². The maximum absolute atomic E-state index is 9.63. The molecule has 3 nitrogen and oxygen atoms in total. The molecule has 3 N–H and O–H groups in total. The number of rotatable bonds is 5. The Labute approximate surface area is 105 Å². The van der Waals surface area contributed by atoms with Gasteiger partial charge in [-0.1, -0.05) is 0 Å². The lowest BCUT2D eigenvalue weighted by molar-refractivity contribution is 0.0749. The molecule has 0 aliphatic rings. The molecular weight excluding hydrogens is 231 g/mol. The molecule has 0 heterocycles. The SMILES string of the molecule is Cc1cc(C=N)c(NCCC(C)(C)O)cc1P. The van der Waals surface area contributed by atoms with Crippen molar-refractivity contribution in [1.82, 2.24) is 0 Å². The summed E-state index contributed by atoms with van der Waals surface area (Å²) < 4.78 is 0. The first-order valence-corrected chi connectivity index (χ1v) is 6.28. The van der Waals surface area contributed by atoms with Crippen LogP contribution >= 0.6 is 9.24 Å². The fraction of sp³-hybridized carbons (Fsp3) is 0.462. The molecular formula is C13H21N2OP. The Balaban J connectivity index is 2.77. The standard InChI is InChI=1S/C13H21N2OP/c1-9-6-10(8-14)11(7-12(9)17)15-5-4-13(2,3)16/h6-8,14-16H,4-5,17H2,1-3H3. The van der Waals surface area contributed by atoms with E-state index in [4.69, 9.17) is 5.41 Å². The molecule has 0 radical (unpaired) electrons. The van der Waals surface area contributed by atoms with Crippen molar-refractivity contribution in [3.05, 3.63) is 23.3 Å². The van der Waals surface area contributed by atoms with Gasteiger partial charge < -0.3 is 15.8 Å². The summed E-state index contributed by atoms with van der Waals surface area (Å²) in [5.41, 5.74) is 2.32. The molecule has 0 amide bonds. The van der Waals surface area contributed by atoms with E-state index in [1.165, 1.54) is 6.21 Å². The first-order valence-electron chi connectivity index (χ1n) is 5.70. The highest BCUT2D eigenvalue weighted by Crippen LogP contribution is 2.16. The first-order chi connectivity index (χ1) is 7.83. The number of aryl methyl sites for hydroxylation is 1. The Kier molecular flexibility index (Phi) is 4.67. The second-order valence-electron chi connectivity index (χ2n) is 4.93. The first kappa shape index (κ1) is 14.1. The Morgan fingerprint density at radius 2 is 2.12 bits per heavy atom. The molecule has 0 spiro atoms. The van der Waals surface area contributed by atoms with Crippen molar-refractivity contribution in [2.24, 2.45) is 0 Å². The predicted octanol–water partition coefficient (Wildman–Crippen LogP) is 2.07. The molecule has 4 heteroatoms. The van der Waals surface area contributed by atoms with E-state index in [0.29, 0.717) is 13.0 Å². The molecule has 17 heavy (non-hydrogen) atoms. The number of nitrogens with one attached hydrogen (secondary N) is 2. The van der Waals surface area contributed by atoms with Crippen LogP contribution in [0.2, 0.25) is 0 Å². The van der Waals surface area contributed by atoms with E-state index in [-0.39, 0.29) is 0 Å². The highest BCUT2D eigenvalue weighted by atomic mass is 31.0. The Morgan fingerprint density at radius 3 is 2.65 bits per heavy atom. The average Bonchev–Trinajstić information content (AvgIpc) is 2.21. The minimum Gasteiger partial charge on any atom is -0.390 e. The lowest BCUT2D eigenvalue weighted by Crippen LogP contribution is -2.23. The molecule has 0 saturated heterocycles. The van der Waals surface area contributed by atoms with Gasteiger partial charge >= 0.3 is 0 Å². The third kappa shape index (κ3) is 4.45. The van der Waals surface area contributed by atoms with Gasteiger partial charge in [0, 0.05) is 24.0 Å². The van der Waals surface area contributed by atoms with Crippen LogP contribution in [0.15, 0.2) is 12.1 Å². The molecule has 1 rings (SSSR count). The Bertz CT molecular complexity index is 411. The van der Waals surface area contributed by atoms with Crippen molar-refractivity contribution < 1.29 is 5.11 Å². The zero-order chi connectivity index (χ0) is 13.1. The largest absolute Gasteiger partial charge is 0.390 e. The minimum absolute atomic E-state index is 0.660.